The fourth-order valence-electron chi connectivity index (χ4n) is 4.12. The molecule has 2 heterocycles. The minimum Gasteiger partial charge on any atom is -0.494 e. The van der Waals surface area contributed by atoms with E-state index >= 15 is 0 Å². The summed E-state index contributed by atoms with van der Waals surface area (Å²) in [5.74, 6) is -0.255. The molecule has 0 saturated heterocycles. The summed E-state index contributed by atoms with van der Waals surface area (Å²) in [7, 11) is 1.59. The predicted octanol–water partition coefficient (Wildman–Crippen LogP) is 3.15. The lowest BCUT2D eigenvalue weighted by atomic mass is 9.96. The number of benzene rings is 2. The van der Waals surface area contributed by atoms with Gasteiger partial charge in [-0.3, -0.25) is 19.1 Å². The number of rotatable bonds is 10. The third kappa shape index (κ3) is 5.82. The fourth-order valence-corrected chi connectivity index (χ4v) is 4.12. The van der Waals surface area contributed by atoms with Crippen LogP contribution >= 0.6 is 0 Å². The topological polar surface area (TPSA) is 106 Å². The van der Waals surface area contributed by atoms with Gasteiger partial charge in [0.1, 0.15) is 17.0 Å². The van der Waals surface area contributed by atoms with E-state index in [0.29, 0.717) is 19.7 Å². The van der Waals surface area contributed by atoms with Gasteiger partial charge in [-0.05, 0) is 36.6 Å². The number of aromatic nitrogens is 2. The Hall–Kier alpha value is -4.14. The van der Waals surface area contributed by atoms with Gasteiger partial charge < -0.3 is 20.3 Å². The number of nitrogens with zero attached hydrogens (tertiary/aromatic N) is 3. The van der Waals surface area contributed by atoms with Crippen molar-refractivity contribution >= 4 is 17.7 Å². The Morgan fingerprint density at radius 1 is 1.03 bits per heavy atom. The van der Waals surface area contributed by atoms with Crippen molar-refractivity contribution in [3.8, 4) is 5.75 Å². The van der Waals surface area contributed by atoms with Gasteiger partial charge in [0.2, 0.25) is 5.91 Å². The lowest BCUT2D eigenvalue weighted by molar-refractivity contribution is -0.132. The van der Waals surface area contributed by atoms with E-state index in [-0.39, 0.29) is 29.7 Å². The highest BCUT2D eigenvalue weighted by Crippen LogP contribution is 2.26. The van der Waals surface area contributed by atoms with E-state index in [0.717, 1.165) is 29.7 Å². The smallest absolute Gasteiger partial charge is 0.272 e. The lowest BCUT2D eigenvalue weighted by Crippen LogP contribution is -2.62. The molecule has 0 fully saturated rings. The number of nitrogens with one attached hydrogen (secondary N) is 2. The van der Waals surface area contributed by atoms with Gasteiger partial charge >= 0.3 is 0 Å². The van der Waals surface area contributed by atoms with Crippen LogP contribution in [0, 0.1) is 0 Å². The van der Waals surface area contributed by atoms with Crippen molar-refractivity contribution in [3.05, 3.63) is 83.2 Å². The normalized spacial score (nSPS) is 16.7. The van der Waals surface area contributed by atoms with E-state index in [9.17, 15) is 14.4 Å². The first-order chi connectivity index (χ1) is 17.8. The van der Waals surface area contributed by atoms with Crippen LogP contribution in [0.25, 0.3) is 0 Å². The molecule has 194 valence electrons. The van der Waals surface area contributed by atoms with E-state index in [4.69, 9.17) is 4.74 Å². The molecule has 4 rings (SSSR count). The average Bonchev–Trinajstić information content (AvgIpc) is 3.34. The van der Waals surface area contributed by atoms with Crippen LogP contribution in [-0.2, 0) is 24.4 Å². The summed E-state index contributed by atoms with van der Waals surface area (Å²) in [6.45, 7) is 5.29. The molecule has 0 saturated carbocycles. The molecule has 1 aliphatic heterocycles. The van der Waals surface area contributed by atoms with Gasteiger partial charge in [-0.1, -0.05) is 55.8 Å². The second-order valence-corrected chi connectivity index (χ2v) is 9.41. The van der Waals surface area contributed by atoms with Crippen LogP contribution in [0.2, 0.25) is 0 Å². The van der Waals surface area contributed by atoms with Crippen LogP contribution in [0.1, 0.15) is 58.8 Å². The number of hydrogen-bond donors (Lipinski definition) is 2. The summed E-state index contributed by atoms with van der Waals surface area (Å²) in [6.07, 6.45) is 2.08. The number of hydrogen-bond acceptors (Lipinski definition) is 5. The highest BCUT2D eigenvalue weighted by molar-refractivity contribution is 6.01. The molecule has 1 atom stereocenters. The van der Waals surface area contributed by atoms with Crippen molar-refractivity contribution < 1.29 is 19.1 Å². The molecule has 0 spiro atoms. The van der Waals surface area contributed by atoms with Gasteiger partial charge in [-0.25, -0.2) is 0 Å². The van der Waals surface area contributed by atoms with E-state index in [1.54, 1.807) is 14.0 Å². The number of likely N-dealkylation sites (N-methyl/N-ethyl adjacent to an activating group) is 1. The predicted molar refractivity (Wildman–Crippen MR) is 139 cm³/mol. The number of carbonyl (C=O) groups is 3. The third-order valence-corrected chi connectivity index (χ3v) is 6.66. The number of fused-ring (bicyclic) bond motifs is 1. The average molecular weight is 504 g/mol. The molecule has 0 radical (unpaired) electrons. The van der Waals surface area contributed by atoms with E-state index in [1.165, 1.54) is 15.6 Å². The largest absolute Gasteiger partial charge is 0.494 e. The molecule has 1 aromatic heterocycles. The second kappa shape index (κ2) is 11.3. The molecular formula is C28H33N5O4. The highest BCUT2D eigenvalue weighted by atomic mass is 16.5. The van der Waals surface area contributed by atoms with Crippen molar-refractivity contribution in [1.82, 2.24) is 25.3 Å². The summed E-state index contributed by atoms with van der Waals surface area (Å²) in [6, 6.07) is 18.6. The summed E-state index contributed by atoms with van der Waals surface area (Å²) in [4.78, 5) is 40.4. The van der Waals surface area contributed by atoms with Crippen LogP contribution in [0.5, 0.6) is 5.75 Å². The Morgan fingerprint density at radius 3 is 2.41 bits per heavy atom. The maximum absolute atomic E-state index is 13.1. The van der Waals surface area contributed by atoms with E-state index in [1.807, 2.05) is 54.6 Å². The maximum atomic E-state index is 13.1. The molecule has 2 aromatic carbocycles. The Kier molecular flexibility index (Phi) is 7.91. The molecule has 0 bridgehead atoms. The van der Waals surface area contributed by atoms with Crippen LogP contribution in [0.3, 0.4) is 0 Å². The minimum absolute atomic E-state index is 0.130. The van der Waals surface area contributed by atoms with Crippen molar-refractivity contribution in [2.75, 3.05) is 13.7 Å². The summed E-state index contributed by atoms with van der Waals surface area (Å²) >= 11 is 0. The molecule has 0 unspecified atom stereocenters. The van der Waals surface area contributed by atoms with Crippen LogP contribution in [0.4, 0.5) is 0 Å². The number of amides is 3. The Bertz CT molecular complexity index is 1260. The van der Waals surface area contributed by atoms with Crippen LogP contribution in [-0.4, -0.2) is 51.6 Å². The van der Waals surface area contributed by atoms with Gasteiger partial charge in [-0.15, -0.1) is 0 Å². The molecule has 3 aromatic rings. The number of unbranched alkanes of at least 4 members (excludes halogenated alkanes) is 1. The molecular weight excluding hydrogens is 470 g/mol. The molecule has 1 aliphatic rings. The number of ether oxygens (including phenoxy) is 1. The van der Waals surface area contributed by atoms with Crippen molar-refractivity contribution in [1.29, 1.82) is 0 Å². The molecule has 9 nitrogen and oxygen atoms in total. The van der Waals surface area contributed by atoms with Crippen molar-refractivity contribution in [3.63, 3.8) is 0 Å². The lowest BCUT2D eigenvalue weighted by Gasteiger charge is -2.40. The zero-order valence-electron chi connectivity index (χ0n) is 21.5. The second-order valence-electron chi connectivity index (χ2n) is 9.41. The first-order valence-electron chi connectivity index (χ1n) is 12.5. The van der Waals surface area contributed by atoms with Gasteiger partial charge in [0, 0.05) is 26.2 Å². The Labute approximate surface area is 216 Å². The van der Waals surface area contributed by atoms with Gasteiger partial charge in [0.15, 0.2) is 5.69 Å². The first kappa shape index (κ1) is 25.9. The van der Waals surface area contributed by atoms with E-state index in [2.05, 4.69) is 22.7 Å². The van der Waals surface area contributed by atoms with Crippen LogP contribution < -0.4 is 15.4 Å². The Morgan fingerprint density at radius 2 is 1.70 bits per heavy atom. The summed E-state index contributed by atoms with van der Waals surface area (Å²) in [5, 5.41) is 10.1. The Balaban J connectivity index is 1.39. The molecule has 0 aliphatic carbocycles. The fraction of sp³-hybridized carbons (Fsp3) is 0.357. The van der Waals surface area contributed by atoms with Crippen LogP contribution in [0.15, 0.2) is 60.7 Å². The maximum Gasteiger partial charge on any atom is 0.272 e. The zero-order valence-corrected chi connectivity index (χ0v) is 21.5. The molecule has 2 N–H and O–H groups in total. The highest BCUT2D eigenvalue weighted by Gasteiger charge is 2.46. The summed E-state index contributed by atoms with van der Waals surface area (Å²) < 4.78 is 7.11. The SMILES string of the molecule is CCCCOc1ccc(CNC(=O)c2cc3n(n2)C[C@@](C)(C(=O)NCc2ccccc2)N(C)C3=O)cc1. The summed E-state index contributed by atoms with van der Waals surface area (Å²) in [5.41, 5.74) is 1.12. The number of carbonyl (C=O) groups excluding carboxylic acids is 3. The standard InChI is InChI=1S/C28H33N5O4/c1-4-5-15-37-22-13-11-21(12-14-22)17-29-25(34)23-16-24-26(35)32(3)28(2,19-33(24)31-23)27(36)30-18-20-9-7-6-8-10-20/h6-14,16H,4-5,15,17-19H2,1-3H3,(H,29,34)(H,30,36)/t28-/m0/s1. The minimum atomic E-state index is -1.15. The molecule has 37 heavy (non-hydrogen) atoms. The third-order valence-electron chi connectivity index (χ3n) is 6.66. The van der Waals surface area contributed by atoms with Gasteiger partial charge in [-0.2, -0.15) is 5.10 Å². The molecule has 3 amide bonds. The monoisotopic (exact) mass is 503 g/mol. The zero-order chi connectivity index (χ0) is 26.4. The van der Waals surface area contributed by atoms with Crippen molar-refractivity contribution in [2.45, 2.75) is 51.9 Å². The van der Waals surface area contributed by atoms with Crippen molar-refractivity contribution in [2.24, 2.45) is 0 Å². The quantitative estimate of drug-likeness (QED) is 0.414. The van der Waals surface area contributed by atoms with E-state index < -0.39 is 11.4 Å². The van der Waals surface area contributed by atoms with Gasteiger partial charge in [0.05, 0.1) is 13.2 Å². The van der Waals surface area contributed by atoms with Gasteiger partial charge in [0.25, 0.3) is 11.8 Å². The first-order valence-corrected chi connectivity index (χ1v) is 12.5. The molecule has 9 heteroatoms.